The molecule has 0 saturated carbocycles. The normalized spacial score (nSPS) is 45.6. The Morgan fingerprint density at radius 1 is 1.67 bits per heavy atom. The molecular weight excluding hydrogens is 160 g/mol. The van der Waals surface area contributed by atoms with Gasteiger partial charge < -0.3 is 14.6 Å². The summed E-state index contributed by atoms with van der Waals surface area (Å²) in [7, 11) is 0. The quantitative estimate of drug-likeness (QED) is 0.438. The molecule has 0 aromatic rings. The first kappa shape index (κ1) is 7.76. The third kappa shape index (κ3) is 0.956. The van der Waals surface area contributed by atoms with E-state index in [2.05, 4.69) is 6.58 Å². The molecule has 4 atom stereocenters. The van der Waals surface area contributed by atoms with Gasteiger partial charge in [0.2, 0.25) is 0 Å². The summed E-state index contributed by atoms with van der Waals surface area (Å²) in [5.41, 5.74) is 0. The van der Waals surface area contributed by atoms with Gasteiger partial charge in [-0.2, -0.15) is 0 Å². The van der Waals surface area contributed by atoms with Crippen molar-refractivity contribution >= 4 is 5.97 Å². The molecule has 66 valence electrons. The molecule has 0 aromatic heterocycles. The summed E-state index contributed by atoms with van der Waals surface area (Å²) in [5.74, 6) is -0.472. The minimum atomic E-state index is -0.885. The minimum Gasteiger partial charge on any atom is -0.459 e. The Labute approximate surface area is 69.8 Å². The van der Waals surface area contributed by atoms with Crippen LogP contribution in [0.15, 0.2) is 12.7 Å². The van der Waals surface area contributed by atoms with Crippen molar-refractivity contribution in [3.63, 3.8) is 0 Å². The summed E-state index contributed by atoms with van der Waals surface area (Å²) in [6.07, 6.45) is 0.230. The van der Waals surface area contributed by atoms with Crippen LogP contribution in [-0.2, 0) is 14.3 Å². The fourth-order valence-electron chi connectivity index (χ4n) is 1.70. The first-order valence-corrected chi connectivity index (χ1v) is 3.88. The second-order valence-corrected chi connectivity index (χ2v) is 3.05. The summed E-state index contributed by atoms with van der Waals surface area (Å²) in [6.45, 7) is 3.54. The molecule has 2 aliphatic rings. The van der Waals surface area contributed by atoms with E-state index in [0.717, 1.165) is 0 Å². The van der Waals surface area contributed by atoms with Crippen LogP contribution >= 0.6 is 0 Å². The van der Waals surface area contributed by atoms with Gasteiger partial charge in [-0.25, -0.2) is 0 Å². The SMILES string of the molecule is C=C[C@H]1OC(O)[C@H]2CC(=O)O[C@H]21. The van der Waals surface area contributed by atoms with Gasteiger partial charge in [-0.1, -0.05) is 6.08 Å². The molecule has 2 fully saturated rings. The number of hydrogen-bond acceptors (Lipinski definition) is 4. The molecule has 2 saturated heterocycles. The highest BCUT2D eigenvalue weighted by Crippen LogP contribution is 2.36. The lowest BCUT2D eigenvalue weighted by Crippen LogP contribution is -2.22. The maximum atomic E-state index is 10.8. The molecule has 0 spiro atoms. The lowest BCUT2D eigenvalue weighted by Gasteiger charge is -2.10. The van der Waals surface area contributed by atoms with Crippen molar-refractivity contribution in [3.8, 4) is 0 Å². The second-order valence-electron chi connectivity index (χ2n) is 3.05. The lowest BCUT2D eigenvalue weighted by molar-refractivity contribution is -0.148. The first-order chi connectivity index (χ1) is 5.72. The average molecular weight is 170 g/mol. The molecule has 0 amide bonds. The van der Waals surface area contributed by atoms with Gasteiger partial charge in [0.25, 0.3) is 0 Å². The molecule has 1 unspecified atom stereocenters. The van der Waals surface area contributed by atoms with Crippen LogP contribution in [0.3, 0.4) is 0 Å². The van der Waals surface area contributed by atoms with Gasteiger partial charge in [0.1, 0.15) is 12.2 Å². The van der Waals surface area contributed by atoms with Crippen molar-refractivity contribution in [1.29, 1.82) is 0 Å². The van der Waals surface area contributed by atoms with E-state index >= 15 is 0 Å². The molecule has 2 aliphatic heterocycles. The van der Waals surface area contributed by atoms with Crippen molar-refractivity contribution in [2.75, 3.05) is 0 Å². The van der Waals surface area contributed by atoms with Crippen molar-refractivity contribution in [3.05, 3.63) is 12.7 Å². The number of carbonyl (C=O) groups is 1. The van der Waals surface area contributed by atoms with Crippen LogP contribution in [-0.4, -0.2) is 29.6 Å². The Bertz CT molecular complexity index is 225. The Balaban J connectivity index is 2.18. The van der Waals surface area contributed by atoms with E-state index in [-0.39, 0.29) is 30.5 Å². The molecule has 4 heteroatoms. The van der Waals surface area contributed by atoms with E-state index in [1.165, 1.54) is 0 Å². The van der Waals surface area contributed by atoms with Crippen molar-refractivity contribution in [2.24, 2.45) is 5.92 Å². The third-order valence-electron chi connectivity index (χ3n) is 2.31. The van der Waals surface area contributed by atoms with E-state index in [9.17, 15) is 9.90 Å². The number of ether oxygens (including phenoxy) is 2. The van der Waals surface area contributed by atoms with Crippen LogP contribution in [0.4, 0.5) is 0 Å². The predicted molar refractivity (Wildman–Crippen MR) is 39.1 cm³/mol. The highest BCUT2D eigenvalue weighted by atomic mass is 16.7. The molecule has 0 aromatic carbocycles. The summed E-state index contributed by atoms with van der Waals surface area (Å²) >= 11 is 0. The van der Waals surface area contributed by atoms with E-state index < -0.39 is 6.29 Å². The molecule has 2 rings (SSSR count). The van der Waals surface area contributed by atoms with Crippen LogP contribution in [0, 0.1) is 5.92 Å². The van der Waals surface area contributed by atoms with Crippen molar-refractivity contribution in [1.82, 2.24) is 0 Å². The number of aliphatic hydroxyl groups excluding tert-OH is 1. The van der Waals surface area contributed by atoms with E-state index in [1.807, 2.05) is 0 Å². The average Bonchev–Trinajstić information content (AvgIpc) is 2.52. The molecular formula is C8H10O4. The topological polar surface area (TPSA) is 55.8 Å². The van der Waals surface area contributed by atoms with Crippen molar-refractivity contribution in [2.45, 2.75) is 24.9 Å². The summed E-state index contributed by atoms with van der Waals surface area (Å²) in [5, 5.41) is 9.32. The smallest absolute Gasteiger partial charge is 0.306 e. The molecule has 4 nitrogen and oxygen atoms in total. The van der Waals surface area contributed by atoms with Crippen LogP contribution in [0.2, 0.25) is 0 Å². The first-order valence-electron chi connectivity index (χ1n) is 3.88. The number of hydrogen-bond donors (Lipinski definition) is 1. The molecule has 1 N–H and O–H groups in total. The molecule has 0 bridgehead atoms. The van der Waals surface area contributed by atoms with E-state index in [0.29, 0.717) is 0 Å². The second kappa shape index (κ2) is 2.57. The van der Waals surface area contributed by atoms with Crippen LogP contribution in [0.25, 0.3) is 0 Å². The molecule has 0 radical (unpaired) electrons. The Kier molecular flexibility index (Phi) is 1.66. The number of carbonyl (C=O) groups excluding carboxylic acids is 1. The van der Waals surface area contributed by atoms with Gasteiger partial charge in [0, 0.05) is 0 Å². The van der Waals surface area contributed by atoms with Crippen LogP contribution < -0.4 is 0 Å². The third-order valence-corrected chi connectivity index (χ3v) is 2.31. The largest absolute Gasteiger partial charge is 0.459 e. The van der Waals surface area contributed by atoms with Gasteiger partial charge in [-0.15, -0.1) is 6.58 Å². The Hall–Kier alpha value is -0.870. The molecule has 12 heavy (non-hydrogen) atoms. The van der Waals surface area contributed by atoms with Gasteiger partial charge in [0.05, 0.1) is 12.3 Å². The maximum Gasteiger partial charge on any atom is 0.306 e. The van der Waals surface area contributed by atoms with Crippen LogP contribution in [0.5, 0.6) is 0 Å². The van der Waals surface area contributed by atoms with Gasteiger partial charge in [-0.3, -0.25) is 4.79 Å². The van der Waals surface area contributed by atoms with Gasteiger partial charge in [0.15, 0.2) is 6.29 Å². The highest BCUT2D eigenvalue weighted by molar-refractivity contribution is 5.72. The number of rotatable bonds is 1. The number of fused-ring (bicyclic) bond motifs is 1. The number of esters is 1. The molecule has 0 aliphatic carbocycles. The lowest BCUT2D eigenvalue weighted by atomic mass is 10.0. The summed E-state index contributed by atoms with van der Waals surface area (Å²) in [4.78, 5) is 10.8. The zero-order chi connectivity index (χ0) is 8.72. The monoisotopic (exact) mass is 170 g/mol. The standard InChI is InChI=1S/C8H10O4/c1-2-5-7-4(8(10)11-5)3-6(9)12-7/h2,4-5,7-8,10H,1,3H2/t4-,5+,7+,8?/m0/s1. The predicted octanol–water partition coefficient (Wildman–Crippen LogP) is -0.179. The highest BCUT2D eigenvalue weighted by Gasteiger charge is 2.50. The van der Waals surface area contributed by atoms with Crippen LogP contribution in [0.1, 0.15) is 6.42 Å². The van der Waals surface area contributed by atoms with Gasteiger partial charge in [-0.05, 0) is 0 Å². The fraction of sp³-hybridized carbons (Fsp3) is 0.625. The Morgan fingerprint density at radius 2 is 2.42 bits per heavy atom. The number of aliphatic hydroxyl groups is 1. The van der Waals surface area contributed by atoms with Crippen molar-refractivity contribution < 1.29 is 19.4 Å². The maximum absolute atomic E-state index is 10.8. The van der Waals surface area contributed by atoms with Gasteiger partial charge >= 0.3 is 5.97 Å². The summed E-state index contributed by atoms with van der Waals surface area (Å²) < 4.78 is 10.1. The zero-order valence-corrected chi connectivity index (χ0v) is 6.47. The van der Waals surface area contributed by atoms with E-state index in [1.54, 1.807) is 6.08 Å². The van der Waals surface area contributed by atoms with E-state index in [4.69, 9.17) is 9.47 Å². The Morgan fingerprint density at radius 3 is 3.08 bits per heavy atom. The molecule has 2 heterocycles. The summed E-state index contributed by atoms with van der Waals surface area (Å²) in [6, 6.07) is 0. The fourth-order valence-corrected chi connectivity index (χ4v) is 1.70. The minimum absolute atomic E-state index is 0.208. The zero-order valence-electron chi connectivity index (χ0n) is 6.47.